The van der Waals surface area contributed by atoms with Gasteiger partial charge in [0.15, 0.2) is 0 Å². The number of rotatable bonds is 6. The van der Waals surface area contributed by atoms with Gasteiger partial charge in [0.25, 0.3) is 0 Å². The van der Waals surface area contributed by atoms with Gasteiger partial charge in [-0.1, -0.05) is 45.9 Å². The van der Waals surface area contributed by atoms with Gasteiger partial charge in [0, 0.05) is 23.9 Å². The summed E-state index contributed by atoms with van der Waals surface area (Å²) in [5.41, 5.74) is 2.71. The second-order valence-corrected chi connectivity index (χ2v) is 8.38. The zero-order valence-corrected chi connectivity index (χ0v) is 18.0. The van der Waals surface area contributed by atoms with Gasteiger partial charge in [0.2, 0.25) is 11.8 Å². The van der Waals surface area contributed by atoms with Crippen molar-refractivity contribution < 1.29 is 9.59 Å². The highest BCUT2D eigenvalue weighted by atomic mass is 16.2. The van der Waals surface area contributed by atoms with Gasteiger partial charge in [-0.15, -0.1) is 0 Å². The number of para-hydroxylation sites is 1. The van der Waals surface area contributed by atoms with E-state index < -0.39 is 0 Å². The molecule has 0 aliphatic carbocycles. The Bertz CT molecular complexity index is 846. The van der Waals surface area contributed by atoms with E-state index in [1.54, 1.807) is 16.5 Å². The average molecular weight is 385 g/mol. The molecule has 0 atom stereocenters. The summed E-state index contributed by atoms with van der Waals surface area (Å²) in [6.45, 7) is 13.9. The Hall–Kier alpha value is -2.63. The average Bonchev–Trinajstić information content (AvgIpc) is 3.03. The SMILES string of the molecule is CCC(=O)N(CC(=O)Nc1cc(C(C)(C)C)nn1-c1ccccc1C)C(C)C. The summed E-state index contributed by atoms with van der Waals surface area (Å²) < 4.78 is 1.77. The predicted molar refractivity (Wildman–Crippen MR) is 113 cm³/mol. The highest BCUT2D eigenvalue weighted by Gasteiger charge is 2.23. The minimum Gasteiger partial charge on any atom is -0.331 e. The van der Waals surface area contributed by atoms with Crippen molar-refractivity contribution in [2.75, 3.05) is 11.9 Å². The molecule has 6 nitrogen and oxygen atoms in total. The van der Waals surface area contributed by atoms with Gasteiger partial charge >= 0.3 is 0 Å². The van der Waals surface area contributed by atoms with E-state index in [1.807, 2.05) is 51.1 Å². The molecule has 2 amide bonds. The molecule has 0 bridgehead atoms. The molecule has 28 heavy (non-hydrogen) atoms. The van der Waals surface area contributed by atoms with Crippen LogP contribution in [0.25, 0.3) is 5.69 Å². The maximum absolute atomic E-state index is 12.7. The summed E-state index contributed by atoms with van der Waals surface area (Å²) in [4.78, 5) is 26.5. The van der Waals surface area contributed by atoms with Crippen molar-refractivity contribution in [2.24, 2.45) is 0 Å². The predicted octanol–water partition coefficient (Wildman–Crippen LogP) is 4.06. The van der Waals surface area contributed by atoms with E-state index >= 15 is 0 Å². The first-order chi connectivity index (χ1) is 13.0. The Morgan fingerprint density at radius 1 is 1.21 bits per heavy atom. The van der Waals surface area contributed by atoms with Crippen molar-refractivity contribution in [3.05, 3.63) is 41.6 Å². The molecular formula is C22H32N4O2. The molecule has 0 aliphatic heterocycles. The van der Waals surface area contributed by atoms with Crippen LogP contribution in [0.1, 0.15) is 59.2 Å². The van der Waals surface area contributed by atoms with Gasteiger partial charge < -0.3 is 10.2 Å². The number of benzene rings is 1. The minimum atomic E-state index is -0.231. The van der Waals surface area contributed by atoms with Gasteiger partial charge in [0.1, 0.15) is 12.4 Å². The van der Waals surface area contributed by atoms with E-state index in [-0.39, 0.29) is 29.8 Å². The van der Waals surface area contributed by atoms with E-state index in [4.69, 9.17) is 5.10 Å². The summed E-state index contributed by atoms with van der Waals surface area (Å²) in [5.74, 6) is 0.343. The molecule has 0 radical (unpaired) electrons. The second-order valence-electron chi connectivity index (χ2n) is 8.38. The lowest BCUT2D eigenvalue weighted by Crippen LogP contribution is -2.42. The molecule has 1 aromatic heterocycles. The first kappa shape index (κ1) is 21.7. The maximum Gasteiger partial charge on any atom is 0.245 e. The lowest BCUT2D eigenvalue weighted by atomic mass is 9.92. The number of aryl methyl sites for hydroxylation is 1. The summed E-state index contributed by atoms with van der Waals surface area (Å²) in [7, 11) is 0. The Labute approximate surface area is 167 Å². The molecule has 1 aromatic carbocycles. The van der Waals surface area contributed by atoms with Crippen molar-refractivity contribution >= 4 is 17.6 Å². The van der Waals surface area contributed by atoms with E-state index in [0.717, 1.165) is 16.9 Å². The van der Waals surface area contributed by atoms with Gasteiger partial charge in [-0.25, -0.2) is 4.68 Å². The van der Waals surface area contributed by atoms with Crippen molar-refractivity contribution in [3.8, 4) is 5.69 Å². The van der Waals surface area contributed by atoms with Crippen LogP contribution in [-0.4, -0.2) is 39.1 Å². The zero-order chi connectivity index (χ0) is 21.1. The van der Waals surface area contributed by atoms with E-state index in [9.17, 15) is 9.59 Å². The largest absolute Gasteiger partial charge is 0.331 e. The quantitative estimate of drug-likeness (QED) is 0.816. The third-order valence-electron chi connectivity index (χ3n) is 4.65. The van der Waals surface area contributed by atoms with Crippen LogP contribution in [0.3, 0.4) is 0 Å². The molecule has 0 aliphatic rings. The molecule has 0 spiro atoms. The number of aromatic nitrogens is 2. The number of amides is 2. The topological polar surface area (TPSA) is 67.2 Å². The molecule has 1 N–H and O–H groups in total. The Kier molecular flexibility index (Phi) is 6.65. The van der Waals surface area contributed by atoms with Crippen molar-refractivity contribution in [1.82, 2.24) is 14.7 Å². The number of nitrogens with zero attached hydrogens (tertiary/aromatic N) is 3. The fourth-order valence-corrected chi connectivity index (χ4v) is 2.92. The number of carbonyl (C=O) groups excluding carboxylic acids is 2. The van der Waals surface area contributed by atoms with E-state index in [2.05, 4.69) is 26.1 Å². The molecule has 0 saturated carbocycles. The second kappa shape index (κ2) is 8.59. The van der Waals surface area contributed by atoms with Crippen LogP contribution in [0.5, 0.6) is 0 Å². The summed E-state index contributed by atoms with van der Waals surface area (Å²) in [5, 5.41) is 7.71. The van der Waals surface area contributed by atoms with Crippen molar-refractivity contribution in [2.45, 2.75) is 66.3 Å². The summed E-state index contributed by atoms with van der Waals surface area (Å²) in [6, 6.07) is 9.79. The first-order valence-corrected chi connectivity index (χ1v) is 9.80. The Morgan fingerprint density at radius 2 is 1.86 bits per heavy atom. The van der Waals surface area contributed by atoms with E-state index in [1.165, 1.54) is 0 Å². The maximum atomic E-state index is 12.7. The van der Waals surface area contributed by atoms with Crippen LogP contribution in [0.4, 0.5) is 5.82 Å². The molecule has 152 valence electrons. The summed E-state index contributed by atoms with van der Waals surface area (Å²) >= 11 is 0. The molecule has 0 unspecified atom stereocenters. The highest BCUT2D eigenvalue weighted by Crippen LogP contribution is 2.27. The van der Waals surface area contributed by atoms with Gasteiger partial charge in [0.05, 0.1) is 11.4 Å². The van der Waals surface area contributed by atoms with Crippen LogP contribution in [0.2, 0.25) is 0 Å². The zero-order valence-electron chi connectivity index (χ0n) is 18.0. The lowest BCUT2D eigenvalue weighted by molar-refractivity contribution is -0.136. The smallest absolute Gasteiger partial charge is 0.245 e. The molecule has 2 aromatic rings. The third kappa shape index (κ3) is 5.00. The van der Waals surface area contributed by atoms with Crippen molar-refractivity contribution in [1.29, 1.82) is 0 Å². The number of carbonyl (C=O) groups is 2. The Morgan fingerprint density at radius 3 is 2.39 bits per heavy atom. The van der Waals surface area contributed by atoms with Gasteiger partial charge in [-0.2, -0.15) is 5.10 Å². The number of hydrogen-bond donors (Lipinski definition) is 1. The first-order valence-electron chi connectivity index (χ1n) is 9.80. The Balaban J connectivity index is 2.36. The summed E-state index contributed by atoms with van der Waals surface area (Å²) in [6.07, 6.45) is 0.376. The standard InChI is InChI=1S/C22H32N4O2/c1-8-21(28)25(15(2)3)14-20(27)23-19-13-18(22(5,6)7)24-26(19)17-12-10-9-11-16(17)4/h9-13,15H,8,14H2,1-7H3,(H,23,27). The lowest BCUT2D eigenvalue weighted by Gasteiger charge is -2.25. The fraction of sp³-hybridized carbons (Fsp3) is 0.500. The molecular weight excluding hydrogens is 352 g/mol. The van der Waals surface area contributed by atoms with Gasteiger partial charge in [-0.05, 0) is 32.4 Å². The monoisotopic (exact) mass is 384 g/mol. The van der Waals surface area contributed by atoms with E-state index in [0.29, 0.717) is 12.2 Å². The molecule has 2 rings (SSSR count). The molecule has 6 heteroatoms. The number of anilines is 1. The third-order valence-corrected chi connectivity index (χ3v) is 4.65. The number of hydrogen-bond acceptors (Lipinski definition) is 3. The van der Waals surface area contributed by atoms with Crippen LogP contribution in [-0.2, 0) is 15.0 Å². The normalized spacial score (nSPS) is 11.6. The fourth-order valence-electron chi connectivity index (χ4n) is 2.92. The molecule has 0 fully saturated rings. The van der Waals surface area contributed by atoms with Gasteiger partial charge in [-0.3, -0.25) is 9.59 Å². The molecule has 1 heterocycles. The van der Waals surface area contributed by atoms with Crippen molar-refractivity contribution in [3.63, 3.8) is 0 Å². The van der Waals surface area contributed by atoms with Crippen LogP contribution in [0, 0.1) is 6.92 Å². The number of nitrogens with one attached hydrogen (secondary N) is 1. The van der Waals surface area contributed by atoms with Crippen LogP contribution >= 0.6 is 0 Å². The molecule has 0 saturated heterocycles. The van der Waals surface area contributed by atoms with Crippen LogP contribution < -0.4 is 5.32 Å². The minimum absolute atomic E-state index is 0.0220. The van der Waals surface area contributed by atoms with Crippen LogP contribution in [0.15, 0.2) is 30.3 Å². The highest BCUT2D eigenvalue weighted by molar-refractivity contribution is 5.94.